The normalized spacial score (nSPS) is 10.9. The zero-order valence-corrected chi connectivity index (χ0v) is 12.2. The van der Waals surface area contributed by atoms with E-state index in [1.807, 2.05) is 12.1 Å². The minimum absolute atomic E-state index is 0.0172. The van der Waals surface area contributed by atoms with Gasteiger partial charge in [-0.2, -0.15) is 0 Å². The van der Waals surface area contributed by atoms with Gasteiger partial charge in [0, 0.05) is 17.0 Å². The molecule has 0 radical (unpaired) electrons. The SMILES string of the molecule is CC(C)(C)C(=O)NCC(=O)NCc1cccc(Cl)c1. The summed E-state index contributed by atoms with van der Waals surface area (Å²) in [6.45, 7) is 5.77. The molecule has 0 aliphatic heterocycles. The number of carbonyl (C=O) groups excluding carboxylic acids is 2. The summed E-state index contributed by atoms with van der Waals surface area (Å²) in [5.41, 5.74) is 0.427. The third-order valence-electron chi connectivity index (χ3n) is 2.47. The van der Waals surface area contributed by atoms with E-state index in [1.54, 1.807) is 32.9 Å². The first-order valence-corrected chi connectivity index (χ1v) is 6.46. The summed E-state index contributed by atoms with van der Waals surface area (Å²) in [6.07, 6.45) is 0. The van der Waals surface area contributed by atoms with Crippen LogP contribution in [0.5, 0.6) is 0 Å². The maximum absolute atomic E-state index is 11.6. The summed E-state index contributed by atoms with van der Waals surface area (Å²) in [5.74, 6) is -0.372. The first-order valence-electron chi connectivity index (χ1n) is 6.08. The molecule has 2 amide bonds. The van der Waals surface area contributed by atoms with Crippen LogP contribution in [0.4, 0.5) is 0 Å². The monoisotopic (exact) mass is 282 g/mol. The van der Waals surface area contributed by atoms with Crippen molar-refractivity contribution in [2.45, 2.75) is 27.3 Å². The van der Waals surface area contributed by atoms with Gasteiger partial charge in [0.05, 0.1) is 6.54 Å². The molecular formula is C14H19ClN2O2. The van der Waals surface area contributed by atoms with Crippen LogP contribution >= 0.6 is 11.6 Å². The zero-order chi connectivity index (χ0) is 14.5. The van der Waals surface area contributed by atoms with Crippen LogP contribution in [0.3, 0.4) is 0 Å². The lowest BCUT2D eigenvalue weighted by Crippen LogP contribution is -2.41. The van der Waals surface area contributed by atoms with Gasteiger partial charge in [-0.3, -0.25) is 9.59 Å². The van der Waals surface area contributed by atoms with Gasteiger partial charge in [0.1, 0.15) is 0 Å². The number of amides is 2. The Morgan fingerprint density at radius 1 is 1.21 bits per heavy atom. The summed E-state index contributed by atoms with van der Waals surface area (Å²) in [5, 5.41) is 5.95. The Morgan fingerprint density at radius 2 is 1.89 bits per heavy atom. The van der Waals surface area contributed by atoms with Crippen LogP contribution in [0.1, 0.15) is 26.3 Å². The third-order valence-corrected chi connectivity index (χ3v) is 2.70. The highest BCUT2D eigenvalue weighted by molar-refractivity contribution is 6.30. The molecule has 5 heteroatoms. The molecule has 0 bridgehead atoms. The third kappa shape index (κ3) is 5.75. The van der Waals surface area contributed by atoms with Crippen LogP contribution in [0.2, 0.25) is 5.02 Å². The number of halogens is 1. The average molecular weight is 283 g/mol. The van der Waals surface area contributed by atoms with Crippen molar-refractivity contribution in [3.05, 3.63) is 34.9 Å². The highest BCUT2D eigenvalue weighted by atomic mass is 35.5. The molecule has 0 saturated carbocycles. The van der Waals surface area contributed by atoms with Gasteiger partial charge >= 0.3 is 0 Å². The van der Waals surface area contributed by atoms with Gasteiger partial charge in [-0.1, -0.05) is 44.5 Å². The van der Waals surface area contributed by atoms with E-state index in [9.17, 15) is 9.59 Å². The lowest BCUT2D eigenvalue weighted by Gasteiger charge is -2.17. The number of carbonyl (C=O) groups is 2. The van der Waals surface area contributed by atoms with Crippen molar-refractivity contribution in [1.82, 2.24) is 10.6 Å². The predicted molar refractivity (Wildman–Crippen MR) is 75.8 cm³/mol. The molecule has 0 spiro atoms. The molecule has 0 fully saturated rings. The lowest BCUT2D eigenvalue weighted by atomic mass is 9.96. The van der Waals surface area contributed by atoms with Crippen molar-refractivity contribution < 1.29 is 9.59 Å². The van der Waals surface area contributed by atoms with E-state index in [0.717, 1.165) is 5.56 Å². The fourth-order valence-corrected chi connectivity index (χ4v) is 1.55. The van der Waals surface area contributed by atoms with Crippen molar-refractivity contribution in [3.63, 3.8) is 0 Å². The van der Waals surface area contributed by atoms with Gasteiger partial charge in [0.15, 0.2) is 0 Å². The Morgan fingerprint density at radius 3 is 2.47 bits per heavy atom. The van der Waals surface area contributed by atoms with Crippen molar-refractivity contribution >= 4 is 23.4 Å². The Hall–Kier alpha value is -1.55. The summed E-state index contributed by atoms with van der Waals surface area (Å²) in [4.78, 5) is 23.2. The van der Waals surface area contributed by atoms with E-state index in [1.165, 1.54) is 0 Å². The number of nitrogens with one attached hydrogen (secondary N) is 2. The topological polar surface area (TPSA) is 58.2 Å². The van der Waals surface area contributed by atoms with E-state index in [-0.39, 0.29) is 18.4 Å². The maximum atomic E-state index is 11.6. The van der Waals surface area contributed by atoms with Crippen molar-refractivity contribution in [1.29, 1.82) is 0 Å². The van der Waals surface area contributed by atoms with Crippen molar-refractivity contribution in [2.75, 3.05) is 6.54 Å². The Labute approximate surface area is 118 Å². The fourth-order valence-electron chi connectivity index (χ4n) is 1.34. The molecule has 4 nitrogen and oxygen atoms in total. The number of rotatable bonds is 4. The largest absolute Gasteiger partial charge is 0.350 e. The summed E-state index contributed by atoms with van der Waals surface area (Å²) < 4.78 is 0. The zero-order valence-electron chi connectivity index (χ0n) is 11.4. The molecule has 0 heterocycles. The smallest absolute Gasteiger partial charge is 0.239 e. The molecular weight excluding hydrogens is 264 g/mol. The highest BCUT2D eigenvalue weighted by Crippen LogP contribution is 2.12. The number of hydrogen-bond donors (Lipinski definition) is 2. The molecule has 1 aromatic rings. The van der Waals surface area contributed by atoms with Crippen molar-refractivity contribution in [2.24, 2.45) is 5.41 Å². The van der Waals surface area contributed by atoms with Crippen LogP contribution in [-0.4, -0.2) is 18.4 Å². The van der Waals surface area contributed by atoms with E-state index >= 15 is 0 Å². The quantitative estimate of drug-likeness (QED) is 0.889. The molecule has 104 valence electrons. The lowest BCUT2D eigenvalue weighted by molar-refractivity contribution is -0.131. The average Bonchev–Trinajstić information content (AvgIpc) is 2.32. The summed E-state index contributed by atoms with van der Waals surface area (Å²) in [7, 11) is 0. The molecule has 0 aliphatic rings. The molecule has 0 atom stereocenters. The van der Waals surface area contributed by atoms with Crippen LogP contribution in [0.15, 0.2) is 24.3 Å². The molecule has 1 rings (SSSR count). The van der Waals surface area contributed by atoms with E-state index in [0.29, 0.717) is 11.6 Å². The highest BCUT2D eigenvalue weighted by Gasteiger charge is 2.21. The van der Waals surface area contributed by atoms with Crippen LogP contribution in [0.25, 0.3) is 0 Å². The van der Waals surface area contributed by atoms with Crippen LogP contribution in [-0.2, 0) is 16.1 Å². The van der Waals surface area contributed by atoms with Gasteiger partial charge in [-0.25, -0.2) is 0 Å². The Bertz CT molecular complexity index is 467. The Kier molecular flexibility index (Phi) is 5.36. The van der Waals surface area contributed by atoms with Gasteiger partial charge in [0.25, 0.3) is 0 Å². The van der Waals surface area contributed by atoms with Gasteiger partial charge < -0.3 is 10.6 Å². The van der Waals surface area contributed by atoms with E-state index < -0.39 is 5.41 Å². The second kappa shape index (κ2) is 6.57. The van der Waals surface area contributed by atoms with Crippen LogP contribution in [0, 0.1) is 5.41 Å². The number of hydrogen-bond acceptors (Lipinski definition) is 2. The maximum Gasteiger partial charge on any atom is 0.239 e. The predicted octanol–water partition coefficient (Wildman–Crippen LogP) is 2.12. The molecule has 1 aromatic carbocycles. The molecule has 2 N–H and O–H groups in total. The minimum Gasteiger partial charge on any atom is -0.350 e. The number of benzene rings is 1. The molecule has 0 unspecified atom stereocenters. The molecule has 19 heavy (non-hydrogen) atoms. The second-order valence-electron chi connectivity index (χ2n) is 5.34. The van der Waals surface area contributed by atoms with E-state index in [4.69, 9.17) is 11.6 Å². The van der Waals surface area contributed by atoms with Gasteiger partial charge in [0.2, 0.25) is 11.8 Å². The van der Waals surface area contributed by atoms with Crippen LogP contribution < -0.4 is 10.6 Å². The minimum atomic E-state index is -0.493. The van der Waals surface area contributed by atoms with Crippen molar-refractivity contribution in [3.8, 4) is 0 Å². The fraction of sp³-hybridized carbons (Fsp3) is 0.429. The first-order chi connectivity index (χ1) is 8.79. The molecule has 0 saturated heterocycles. The standard InChI is InChI=1S/C14H19ClN2O2/c1-14(2,3)13(19)17-9-12(18)16-8-10-5-4-6-11(15)7-10/h4-7H,8-9H2,1-3H3,(H,16,18)(H,17,19). The van der Waals surface area contributed by atoms with Gasteiger partial charge in [-0.15, -0.1) is 0 Å². The van der Waals surface area contributed by atoms with Gasteiger partial charge in [-0.05, 0) is 17.7 Å². The first kappa shape index (κ1) is 15.5. The summed E-state index contributed by atoms with van der Waals surface area (Å²) >= 11 is 5.84. The summed E-state index contributed by atoms with van der Waals surface area (Å²) in [6, 6.07) is 7.26. The molecule has 0 aromatic heterocycles. The van der Waals surface area contributed by atoms with E-state index in [2.05, 4.69) is 10.6 Å². The Balaban J connectivity index is 2.35. The second-order valence-corrected chi connectivity index (χ2v) is 5.78. The molecule has 0 aliphatic carbocycles.